The van der Waals surface area contributed by atoms with Gasteiger partial charge in [-0.3, -0.25) is 4.79 Å². The lowest BCUT2D eigenvalue weighted by molar-refractivity contribution is -0.146. The third-order valence-electron chi connectivity index (χ3n) is 2.39. The van der Waals surface area contributed by atoms with Crippen LogP contribution in [-0.4, -0.2) is 13.1 Å². The number of carbonyl (C=O) groups excluding carboxylic acids is 1. The summed E-state index contributed by atoms with van der Waals surface area (Å²) in [6, 6.07) is 1.95. The fraction of sp³-hybridized carbons (Fsp3) is 0.364. The van der Waals surface area contributed by atoms with Gasteiger partial charge >= 0.3 is 5.97 Å². The van der Waals surface area contributed by atoms with Crippen LogP contribution in [0.25, 0.3) is 0 Å². The molecule has 0 fully saturated rings. The van der Waals surface area contributed by atoms with Crippen molar-refractivity contribution in [2.75, 3.05) is 12.8 Å². The van der Waals surface area contributed by atoms with Crippen molar-refractivity contribution in [1.82, 2.24) is 0 Å². The fourth-order valence-corrected chi connectivity index (χ4v) is 1.55. The lowest BCUT2D eigenvalue weighted by Gasteiger charge is -2.23. The molecular formula is C11H13F2NO2. The van der Waals surface area contributed by atoms with Gasteiger partial charge in [0.1, 0.15) is 11.6 Å². The predicted octanol–water partition coefficient (Wildman–Crippen LogP) is 2.00. The summed E-state index contributed by atoms with van der Waals surface area (Å²) >= 11 is 0. The van der Waals surface area contributed by atoms with Crippen molar-refractivity contribution in [1.29, 1.82) is 0 Å². The number of esters is 1. The molecule has 3 nitrogen and oxygen atoms in total. The summed E-state index contributed by atoms with van der Waals surface area (Å²) in [5.41, 5.74) is 3.52. The zero-order valence-electron chi connectivity index (χ0n) is 9.30. The van der Waals surface area contributed by atoms with Gasteiger partial charge in [0.25, 0.3) is 0 Å². The summed E-state index contributed by atoms with van der Waals surface area (Å²) in [6.45, 7) is 2.77. The summed E-state index contributed by atoms with van der Waals surface area (Å²) in [4.78, 5) is 11.4. The van der Waals surface area contributed by atoms with Gasteiger partial charge < -0.3 is 10.5 Å². The minimum atomic E-state index is -1.39. The second-order valence-electron chi connectivity index (χ2n) is 3.98. The van der Waals surface area contributed by atoms with Crippen molar-refractivity contribution >= 4 is 11.7 Å². The Bertz CT molecular complexity index is 407. The molecular weight excluding hydrogens is 216 g/mol. The van der Waals surface area contributed by atoms with Crippen LogP contribution in [0.2, 0.25) is 0 Å². The van der Waals surface area contributed by atoms with Crippen molar-refractivity contribution in [2.24, 2.45) is 0 Å². The van der Waals surface area contributed by atoms with E-state index in [4.69, 9.17) is 5.73 Å². The first-order valence-electron chi connectivity index (χ1n) is 4.64. The summed E-state index contributed by atoms with van der Waals surface area (Å²) in [7, 11) is 1.16. The number of hydrogen-bond donors (Lipinski definition) is 1. The number of methoxy groups -OCH3 is 1. The molecule has 1 aromatic rings. The van der Waals surface area contributed by atoms with E-state index in [1.807, 2.05) is 0 Å². The van der Waals surface area contributed by atoms with E-state index in [2.05, 4.69) is 4.74 Å². The topological polar surface area (TPSA) is 52.3 Å². The van der Waals surface area contributed by atoms with Crippen molar-refractivity contribution in [2.45, 2.75) is 19.3 Å². The van der Waals surface area contributed by atoms with Gasteiger partial charge in [-0.15, -0.1) is 0 Å². The molecule has 0 saturated carbocycles. The molecule has 16 heavy (non-hydrogen) atoms. The van der Waals surface area contributed by atoms with Crippen molar-refractivity contribution in [3.05, 3.63) is 29.3 Å². The number of ether oxygens (including phenoxy) is 1. The minimum Gasteiger partial charge on any atom is -0.468 e. The van der Waals surface area contributed by atoms with Crippen LogP contribution in [0.3, 0.4) is 0 Å². The number of nitrogens with two attached hydrogens (primary N) is 1. The first-order valence-corrected chi connectivity index (χ1v) is 4.64. The third kappa shape index (κ3) is 1.98. The van der Waals surface area contributed by atoms with Crippen LogP contribution < -0.4 is 5.73 Å². The maximum Gasteiger partial charge on any atom is 0.315 e. The van der Waals surface area contributed by atoms with E-state index in [0.29, 0.717) is 0 Å². The van der Waals surface area contributed by atoms with E-state index in [-0.39, 0.29) is 11.3 Å². The maximum atomic E-state index is 13.6. The Kier molecular flexibility index (Phi) is 3.16. The predicted molar refractivity (Wildman–Crippen MR) is 55.8 cm³/mol. The average molecular weight is 229 g/mol. The van der Waals surface area contributed by atoms with Crippen LogP contribution >= 0.6 is 0 Å². The molecule has 2 N–H and O–H groups in total. The van der Waals surface area contributed by atoms with Crippen LogP contribution in [0.5, 0.6) is 0 Å². The second kappa shape index (κ2) is 4.08. The molecule has 0 heterocycles. The first-order chi connectivity index (χ1) is 7.30. The lowest BCUT2D eigenvalue weighted by atomic mass is 9.84. The molecule has 0 atom stereocenters. The molecule has 0 aliphatic heterocycles. The number of rotatable bonds is 2. The highest BCUT2D eigenvalue weighted by atomic mass is 19.1. The van der Waals surface area contributed by atoms with E-state index < -0.39 is 23.0 Å². The van der Waals surface area contributed by atoms with Crippen molar-refractivity contribution < 1.29 is 18.3 Å². The number of nitrogen functional groups attached to an aromatic ring is 1. The molecule has 5 heteroatoms. The monoisotopic (exact) mass is 229 g/mol. The molecule has 1 rings (SSSR count). The van der Waals surface area contributed by atoms with Gasteiger partial charge in [0.2, 0.25) is 0 Å². The van der Waals surface area contributed by atoms with Gasteiger partial charge in [-0.2, -0.15) is 0 Å². The van der Waals surface area contributed by atoms with Crippen molar-refractivity contribution in [3.8, 4) is 0 Å². The Labute approximate surface area is 92.2 Å². The highest BCUT2D eigenvalue weighted by Gasteiger charge is 2.36. The van der Waals surface area contributed by atoms with E-state index in [0.717, 1.165) is 19.2 Å². The molecule has 1 aromatic carbocycles. The van der Waals surface area contributed by atoms with Crippen LogP contribution in [0.4, 0.5) is 14.5 Å². The number of hydrogen-bond acceptors (Lipinski definition) is 3. The van der Waals surface area contributed by atoms with Gasteiger partial charge in [-0.05, 0) is 26.0 Å². The van der Waals surface area contributed by atoms with Gasteiger partial charge in [-0.25, -0.2) is 8.78 Å². The number of anilines is 1. The van der Waals surface area contributed by atoms with Crippen molar-refractivity contribution in [3.63, 3.8) is 0 Å². The normalized spacial score (nSPS) is 11.3. The summed E-state index contributed by atoms with van der Waals surface area (Å²) < 4.78 is 31.7. The summed E-state index contributed by atoms with van der Waals surface area (Å²) in [5.74, 6) is -2.42. The molecule has 0 aromatic heterocycles. The minimum absolute atomic E-state index is 0.0283. The molecule has 0 spiro atoms. The van der Waals surface area contributed by atoms with Crippen LogP contribution in [0, 0.1) is 11.6 Å². The standard InChI is InChI=1S/C11H13F2NO2/c1-11(2,10(15)16-3)9-7(12)4-6(14)5-8(9)13/h4-5H,14H2,1-3H3. The Morgan fingerprint density at radius 1 is 1.31 bits per heavy atom. The summed E-state index contributed by atoms with van der Waals surface area (Å²) in [6.07, 6.45) is 0. The molecule has 0 bridgehead atoms. The largest absolute Gasteiger partial charge is 0.468 e. The fourth-order valence-electron chi connectivity index (χ4n) is 1.55. The third-order valence-corrected chi connectivity index (χ3v) is 2.39. The highest BCUT2D eigenvalue weighted by Crippen LogP contribution is 2.30. The Hall–Kier alpha value is -1.65. The smallest absolute Gasteiger partial charge is 0.315 e. The van der Waals surface area contributed by atoms with E-state index in [1.54, 1.807) is 0 Å². The molecule has 0 amide bonds. The molecule has 0 saturated heterocycles. The first kappa shape index (κ1) is 12.4. The molecule has 0 radical (unpaired) electrons. The number of carbonyl (C=O) groups is 1. The summed E-state index contributed by atoms with van der Waals surface area (Å²) in [5, 5.41) is 0. The number of benzene rings is 1. The Morgan fingerprint density at radius 2 is 1.75 bits per heavy atom. The quantitative estimate of drug-likeness (QED) is 0.623. The molecule has 0 aliphatic rings. The zero-order chi connectivity index (χ0) is 12.5. The molecule has 0 aliphatic carbocycles. The SMILES string of the molecule is COC(=O)C(C)(C)c1c(F)cc(N)cc1F. The highest BCUT2D eigenvalue weighted by molar-refractivity contribution is 5.82. The lowest BCUT2D eigenvalue weighted by Crippen LogP contribution is -2.32. The van der Waals surface area contributed by atoms with E-state index in [9.17, 15) is 13.6 Å². The average Bonchev–Trinajstić information content (AvgIpc) is 2.14. The maximum absolute atomic E-state index is 13.6. The molecule has 88 valence electrons. The number of halogens is 2. The van der Waals surface area contributed by atoms with Crippen LogP contribution in [0.1, 0.15) is 19.4 Å². The van der Waals surface area contributed by atoms with Gasteiger partial charge in [0, 0.05) is 11.3 Å². The van der Waals surface area contributed by atoms with E-state index in [1.165, 1.54) is 13.8 Å². The van der Waals surface area contributed by atoms with Gasteiger partial charge in [0.15, 0.2) is 0 Å². The Balaban J connectivity index is 3.38. The van der Waals surface area contributed by atoms with Crippen LogP contribution in [0.15, 0.2) is 12.1 Å². The molecule has 0 unspecified atom stereocenters. The zero-order valence-corrected chi connectivity index (χ0v) is 9.30. The van der Waals surface area contributed by atoms with Gasteiger partial charge in [0.05, 0.1) is 12.5 Å². The van der Waals surface area contributed by atoms with E-state index >= 15 is 0 Å². The Morgan fingerprint density at radius 3 is 2.12 bits per heavy atom. The second-order valence-corrected chi connectivity index (χ2v) is 3.98. The van der Waals surface area contributed by atoms with Crippen LogP contribution in [-0.2, 0) is 14.9 Å². The van der Waals surface area contributed by atoms with Gasteiger partial charge in [-0.1, -0.05) is 0 Å².